The summed E-state index contributed by atoms with van der Waals surface area (Å²) in [4.78, 5) is 15.5. The number of nitrogens with zero attached hydrogens (tertiary/aromatic N) is 4. The first-order chi connectivity index (χ1) is 30.7. The van der Waals surface area contributed by atoms with E-state index in [2.05, 4.69) is 205 Å². The Morgan fingerprint density at radius 3 is 1.45 bits per heavy atom. The van der Waals surface area contributed by atoms with E-state index in [0.29, 0.717) is 17.5 Å². The van der Waals surface area contributed by atoms with Gasteiger partial charge in [0.1, 0.15) is 11.2 Å². The molecule has 5 nitrogen and oxygen atoms in total. The summed E-state index contributed by atoms with van der Waals surface area (Å²) in [6, 6.07) is 76.3. The van der Waals surface area contributed by atoms with Crippen LogP contribution in [0.1, 0.15) is 0 Å². The Balaban J connectivity index is 1.02. The molecule has 3 aromatic heterocycles. The van der Waals surface area contributed by atoms with Crippen LogP contribution < -0.4 is 0 Å². The fourth-order valence-electron chi connectivity index (χ4n) is 8.78. The van der Waals surface area contributed by atoms with Crippen molar-refractivity contribution in [3.63, 3.8) is 0 Å². The van der Waals surface area contributed by atoms with Gasteiger partial charge in [0.25, 0.3) is 0 Å². The van der Waals surface area contributed by atoms with Crippen LogP contribution in [0.25, 0.3) is 117 Å². The standard InChI is InChI=1S/C57H36N4O/c1-4-14-37(15-5-1)40-26-28-41(29-27-40)55-58-56(44-22-12-20-42(32-44)38-16-6-2-7-17-38)60-57(59-55)45-30-31-53-49(34-45)50-35-52-48(36-54(50)62-53)47-24-10-11-25-51(47)61(52)46-23-13-21-43(33-46)39-18-8-3-9-19-39/h1-36H. The highest BCUT2D eigenvalue weighted by Gasteiger charge is 2.19. The second-order valence-electron chi connectivity index (χ2n) is 15.6. The Morgan fingerprint density at radius 2 is 0.758 bits per heavy atom. The van der Waals surface area contributed by atoms with Gasteiger partial charge in [0, 0.05) is 43.9 Å². The number of hydrogen-bond acceptors (Lipinski definition) is 4. The summed E-state index contributed by atoms with van der Waals surface area (Å²) in [5, 5.41) is 4.34. The Kier molecular flexibility index (Phi) is 8.42. The van der Waals surface area contributed by atoms with Crippen molar-refractivity contribution >= 4 is 43.7 Å². The van der Waals surface area contributed by atoms with Gasteiger partial charge in [-0.1, -0.05) is 164 Å². The van der Waals surface area contributed by atoms with Crippen molar-refractivity contribution in [2.45, 2.75) is 0 Å². The van der Waals surface area contributed by atoms with E-state index in [1.165, 1.54) is 16.5 Å². The summed E-state index contributed by atoms with van der Waals surface area (Å²) in [5.41, 5.74) is 14.6. The summed E-state index contributed by atoms with van der Waals surface area (Å²) in [6.45, 7) is 0. The van der Waals surface area contributed by atoms with Gasteiger partial charge in [-0.3, -0.25) is 0 Å². The Hall–Kier alpha value is -8.41. The summed E-state index contributed by atoms with van der Waals surface area (Å²) < 4.78 is 8.99. The first-order valence-corrected chi connectivity index (χ1v) is 20.8. The maximum atomic E-state index is 6.62. The van der Waals surface area contributed by atoms with E-state index in [0.717, 1.165) is 83.0 Å². The van der Waals surface area contributed by atoms with Crippen molar-refractivity contribution in [1.29, 1.82) is 0 Å². The average Bonchev–Trinajstić information content (AvgIpc) is 3.88. The number of hydrogen-bond donors (Lipinski definition) is 0. The van der Waals surface area contributed by atoms with Crippen LogP contribution in [0.2, 0.25) is 0 Å². The van der Waals surface area contributed by atoms with E-state index < -0.39 is 0 Å². The minimum atomic E-state index is 0.589. The molecule has 12 rings (SSSR count). The summed E-state index contributed by atoms with van der Waals surface area (Å²) in [7, 11) is 0. The third kappa shape index (κ3) is 6.23. The molecule has 0 N–H and O–H groups in total. The topological polar surface area (TPSA) is 56.7 Å². The maximum absolute atomic E-state index is 6.62. The number of rotatable bonds is 7. The zero-order valence-corrected chi connectivity index (χ0v) is 33.5. The maximum Gasteiger partial charge on any atom is 0.164 e. The van der Waals surface area contributed by atoms with Gasteiger partial charge >= 0.3 is 0 Å². The molecule has 0 atom stereocenters. The Bertz CT molecular complexity index is 3610. The third-order valence-corrected chi connectivity index (χ3v) is 11.8. The highest BCUT2D eigenvalue weighted by atomic mass is 16.3. The van der Waals surface area contributed by atoms with Crippen LogP contribution in [0.4, 0.5) is 0 Å². The van der Waals surface area contributed by atoms with Crippen molar-refractivity contribution < 1.29 is 4.42 Å². The lowest BCUT2D eigenvalue weighted by molar-refractivity contribution is 0.669. The van der Waals surface area contributed by atoms with Crippen molar-refractivity contribution in [3.05, 3.63) is 218 Å². The predicted molar refractivity (Wildman–Crippen MR) is 254 cm³/mol. The van der Waals surface area contributed by atoms with Gasteiger partial charge in [0.2, 0.25) is 0 Å². The van der Waals surface area contributed by atoms with E-state index in [1.807, 2.05) is 18.2 Å². The zero-order valence-electron chi connectivity index (χ0n) is 33.5. The normalized spacial score (nSPS) is 11.5. The number of para-hydroxylation sites is 1. The van der Waals surface area contributed by atoms with Crippen LogP contribution in [0.5, 0.6) is 0 Å². The van der Waals surface area contributed by atoms with Crippen LogP contribution in [-0.4, -0.2) is 19.5 Å². The van der Waals surface area contributed by atoms with Gasteiger partial charge in [-0.25, -0.2) is 15.0 Å². The predicted octanol–water partition coefficient (Wildman–Crippen LogP) is 14.9. The molecule has 0 aliphatic rings. The Morgan fingerprint density at radius 1 is 0.274 bits per heavy atom. The van der Waals surface area contributed by atoms with E-state index >= 15 is 0 Å². The van der Waals surface area contributed by atoms with Crippen LogP contribution in [0, 0.1) is 0 Å². The quantitative estimate of drug-likeness (QED) is 0.161. The highest BCUT2D eigenvalue weighted by Crippen LogP contribution is 2.40. The summed E-state index contributed by atoms with van der Waals surface area (Å²) in [5.74, 6) is 1.80. The van der Waals surface area contributed by atoms with Crippen LogP contribution in [0.3, 0.4) is 0 Å². The smallest absolute Gasteiger partial charge is 0.164 e. The lowest BCUT2D eigenvalue weighted by atomic mass is 10.0. The molecule has 0 fully saturated rings. The van der Waals surface area contributed by atoms with Gasteiger partial charge in [-0.2, -0.15) is 0 Å². The highest BCUT2D eigenvalue weighted by molar-refractivity contribution is 6.17. The third-order valence-electron chi connectivity index (χ3n) is 11.8. The van der Waals surface area contributed by atoms with Crippen molar-refractivity contribution in [2.75, 3.05) is 0 Å². The molecule has 0 bridgehead atoms. The van der Waals surface area contributed by atoms with Crippen LogP contribution >= 0.6 is 0 Å². The molecular formula is C57H36N4O. The Labute approximate surface area is 357 Å². The largest absolute Gasteiger partial charge is 0.456 e. The molecule has 290 valence electrons. The van der Waals surface area contributed by atoms with Crippen LogP contribution in [0.15, 0.2) is 223 Å². The minimum Gasteiger partial charge on any atom is -0.456 e. The molecule has 3 heterocycles. The SMILES string of the molecule is c1ccc(-c2ccc(-c3nc(-c4cccc(-c5ccccc5)c4)nc(-c4ccc5oc6cc7c8ccccc8n(-c8cccc(-c9ccccc9)c8)c7cc6c5c4)n3)cc2)cc1. The van der Waals surface area contributed by atoms with Crippen molar-refractivity contribution in [1.82, 2.24) is 19.5 Å². The molecular weight excluding hydrogens is 757 g/mol. The molecule has 12 aromatic rings. The van der Waals surface area contributed by atoms with Crippen LogP contribution in [-0.2, 0) is 0 Å². The zero-order chi connectivity index (χ0) is 41.0. The van der Waals surface area contributed by atoms with Gasteiger partial charge in [0.05, 0.1) is 11.0 Å². The number of benzene rings is 9. The molecule has 0 aliphatic heterocycles. The molecule has 62 heavy (non-hydrogen) atoms. The van der Waals surface area contributed by atoms with Crippen molar-refractivity contribution in [2.24, 2.45) is 0 Å². The van der Waals surface area contributed by atoms with E-state index in [-0.39, 0.29) is 0 Å². The minimum absolute atomic E-state index is 0.589. The lowest BCUT2D eigenvalue weighted by Crippen LogP contribution is -2.00. The molecule has 0 saturated carbocycles. The summed E-state index contributed by atoms with van der Waals surface area (Å²) >= 11 is 0. The monoisotopic (exact) mass is 792 g/mol. The molecule has 0 saturated heterocycles. The van der Waals surface area contributed by atoms with E-state index in [4.69, 9.17) is 19.4 Å². The second-order valence-corrected chi connectivity index (χ2v) is 15.6. The first-order valence-electron chi connectivity index (χ1n) is 20.8. The number of aromatic nitrogens is 4. The molecule has 0 unspecified atom stereocenters. The molecule has 9 aromatic carbocycles. The molecule has 0 amide bonds. The molecule has 0 aliphatic carbocycles. The van der Waals surface area contributed by atoms with Gasteiger partial charge < -0.3 is 8.98 Å². The average molecular weight is 793 g/mol. The van der Waals surface area contributed by atoms with Gasteiger partial charge in [-0.15, -0.1) is 0 Å². The molecule has 5 heteroatoms. The first kappa shape index (κ1) is 35.5. The van der Waals surface area contributed by atoms with Gasteiger partial charge in [0.15, 0.2) is 17.5 Å². The molecule has 0 radical (unpaired) electrons. The fraction of sp³-hybridized carbons (Fsp3) is 0. The number of fused-ring (bicyclic) bond motifs is 6. The second kappa shape index (κ2) is 14.7. The van der Waals surface area contributed by atoms with Gasteiger partial charge in [-0.05, 0) is 88.0 Å². The lowest BCUT2D eigenvalue weighted by Gasteiger charge is -2.11. The summed E-state index contributed by atoms with van der Waals surface area (Å²) in [6.07, 6.45) is 0. The number of furan rings is 1. The fourth-order valence-corrected chi connectivity index (χ4v) is 8.78. The van der Waals surface area contributed by atoms with Crippen molar-refractivity contribution in [3.8, 4) is 73.2 Å². The van der Waals surface area contributed by atoms with E-state index in [9.17, 15) is 0 Å². The van der Waals surface area contributed by atoms with E-state index in [1.54, 1.807) is 0 Å². The molecule has 0 spiro atoms.